The number of furan rings is 1. The van der Waals surface area contributed by atoms with Gasteiger partial charge in [0.1, 0.15) is 17.4 Å². The van der Waals surface area contributed by atoms with Crippen LogP contribution in [-0.2, 0) is 0 Å². The van der Waals surface area contributed by atoms with Gasteiger partial charge in [-0.2, -0.15) is 0 Å². The largest absolute Gasteiger partial charge is 0.451 e. The third-order valence-electron chi connectivity index (χ3n) is 3.06. The molecule has 2 aromatic carbocycles. The van der Waals surface area contributed by atoms with Crippen LogP contribution in [0.4, 0.5) is 14.5 Å². The molecule has 0 fully saturated rings. The van der Waals surface area contributed by atoms with Gasteiger partial charge in [0.05, 0.1) is 0 Å². The summed E-state index contributed by atoms with van der Waals surface area (Å²) in [5.74, 6) is -0.591. The Morgan fingerprint density at radius 2 is 1.41 bits per heavy atom. The molecule has 3 rings (SSSR count). The van der Waals surface area contributed by atoms with Gasteiger partial charge in [-0.3, -0.25) is 4.79 Å². The maximum atomic E-state index is 12.9. The number of nitrogens with one attached hydrogen (secondary N) is 1. The van der Waals surface area contributed by atoms with Crippen molar-refractivity contribution >= 4 is 11.6 Å². The fourth-order valence-electron chi connectivity index (χ4n) is 1.96. The quantitative estimate of drug-likeness (QED) is 0.775. The van der Waals surface area contributed by atoms with Crippen LogP contribution in [0.2, 0.25) is 0 Å². The van der Waals surface area contributed by atoms with Crippen LogP contribution in [0.5, 0.6) is 0 Å². The molecule has 3 aromatic rings. The molecule has 1 N–H and O–H groups in total. The van der Waals surface area contributed by atoms with E-state index >= 15 is 0 Å². The van der Waals surface area contributed by atoms with Gasteiger partial charge in [0, 0.05) is 11.3 Å². The molecule has 110 valence electrons. The predicted octanol–water partition coefficient (Wildman–Crippen LogP) is 4.48. The molecule has 0 aliphatic carbocycles. The summed E-state index contributed by atoms with van der Waals surface area (Å²) in [6, 6.07) is 14.3. The lowest BCUT2D eigenvalue weighted by atomic mass is 10.2. The van der Waals surface area contributed by atoms with Crippen LogP contribution in [0.3, 0.4) is 0 Å². The third-order valence-corrected chi connectivity index (χ3v) is 3.06. The zero-order valence-electron chi connectivity index (χ0n) is 11.3. The molecule has 0 saturated carbocycles. The average molecular weight is 299 g/mol. The summed E-state index contributed by atoms with van der Waals surface area (Å²) in [4.78, 5) is 12.0. The fourth-order valence-corrected chi connectivity index (χ4v) is 1.96. The predicted molar refractivity (Wildman–Crippen MR) is 78.5 cm³/mol. The van der Waals surface area contributed by atoms with E-state index in [9.17, 15) is 13.6 Å². The maximum absolute atomic E-state index is 12.9. The number of amides is 1. The summed E-state index contributed by atoms with van der Waals surface area (Å²) in [7, 11) is 0. The van der Waals surface area contributed by atoms with Crippen molar-refractivity contribution in [3.8, 4) is 11.3 Å². The minimum Gasteiger partial charge on any atom is -0.451 e. The van der Waals surface area contributed by atoms with Crippen LogP contribution in [-0.4, -0.2) is 5.91 Å². The van der Waals surface area contributed by atoms with Gasteiger partial charge in [0.2, 0.25) is 0 Å². The van der Waals surface area contributed by atoms with Crippen LogP contribution >= 0.6 is 0 Å². The molecule has 0 spiro atoms. The second-order valence-electron chi connectivity index (χ2n) is 4.63. The highest BCUT2D eigenvalue weighted by atomic mass is 19.1. The van der Waals surface area contributed by atoms with E-state index < -0.39 is 5.91 Å². The van der Waals surface area contributed by atoms with Crippen molar-refractivity contribution in [2.24, 2.45) is 0 Å². The highest BCUT2D eigenvalue weighted by molar-refractivity contribution is 6.02. The first-order chi connectivity index (χ1) is 10.6. The van der Waals surface area contributed by atoms with Crippen molar-refractivity contribution in [3.05, 3.63) is 78.1 Å². The van der Waals surface area contributed by atoms with Gasteiger partial charge in [0.15, 0.2) is 5.76 Å². The molecule has 0 bridgehead atoms. The molecule has 1 aromatic heterocycles. The molecular weight excluding hydrogens is 288 g/mol. The maximum Gasteiger partial charge on any atom is 0.291 e. The Morgan fingerprint density at radius 3 is 2.05 bits per heavy atom. The third kappa shape index (κ3) is 3.03. The van der Waals surface area contributed by atoms with E-state index in [-0.39, 0.29) is 17.4 Å². The Morgan fingerprint density at radius 1 is 0.818 bits per heavy atom. The Hall–Kier alpha value is -2.95. The van der Waals surface area contributed by atoms with Crippen molar-refractivity contribution in [3.63, 3.8) is 0 Å². The number of rotatable bonds is 3. The first-order valence-electron chi connectivity index (χ1n) is 6.54. The van der Waals surface area contributed by atoms with Gasteiger partial charge in [-0.1, -0.05) is 0 Å². The smallest absolute Gasteiger partial charge is 0.291 e. The number of hydrogen-bond acceptors (Lipinski definition) is 2. The number of benzene rings is 2. The highest BCUT2D eigenvalue weighted by Gasteiger charge is 2.12. The lowest BCUT2D eigenvalue weighted by Gasteiger charge is -2.02. The lowest BCUT2D eigenvalue weighted by molar-refractivity contribution is 0.0997. The molecule has 5 heteroatoms. The van der Waals surface area contributed by atoms with E-state index in [1.165, 1.54) is 42.5 Å². The van der Waals surface area contributed by atoms with Crippen molar-refractivity contribution in [1.82, 2.24) is 0 Å². The molecular formula is C17H11F2NO2. The van der Waals surface area contributed by atoms with Crippen molar-refractivity contribution in [2.75, 3.05) is 5.32 Å². The Kier molecular flexibility index (Phi) is 3.70. The van der Waals surface area contributed by atoms with Crippen LogP contribution in [0.1, 0.15) is 10.6 Å². The van der Waals surface area contributed by atoms with Crippen molar-refractivity contribution in [2.45, 2.75) is 0 Å². The molecule has 22 heavy (non-hydrogen) atoms. The number of carbonyl (C=O) groups excluding carboxylic acids is 1. The van der Waals surface area contributed by atoms with Gasteiger partial charge in [-0.25, -0.2) is 8.78 Å². The molecule has 1 amide bonds. The Bertz CT molecular complexity index is 792. The van der Waals surface area contributed by atoms with E-state index in [2.05, 4.69) is 5.32 Å². The van der Waals surface area contributed by atoms with E-state index in [1.807, 2.05) is 0 Å². The molecule has 0 aliphatic rings. The minimum absolute atomic E-state index is 0.114. The van der Waals surface area contributed by atoms with Gasteiger partial charge >= 0.3 is 0 Å². The molecule has 1 heterocycles. The molecule has 0 unspecified atom stereocenters. The number of hydrogen-bond donors (Lipinski definition) is 1. The molecule has 0 atom stereocenters. The van der Waals surface area contributed by atoms with Crippen LogP contribution in [0.15, 0.2) is 65.1 Å². The van der Waals surface area contributed by atoms with Gasteiger partial charge in [-0.05, 0) is 60.7 Å². The van der Waals surface area contributed by atoms with Crippen LogP contribution in [0.25, 0.3) is 11.3 Å². The standard InChI is InChI=1S/C17H11F2NO2/c18-12-3-1-11(2-4-12)15-9-10-16(22-15)17(21)20-14-7-5-13(19)6-8-14/h1-10H,(H,20,21). The summed E-state index contributed by atoms with van der Waals surface area (Å²) in [6.07, 6.45) is 0. The zero-order valence-corrected chi connectivity index (χ0v) is 11.3. The minimum atomic E-state index is -0.444. The first kappa shape index (κ1) is 14.0. The molecule has 0 saturated heterocycles. The molecule has 3 nitrogen and oxygen atoms in total. The van der Waals surface area contributed by atoms with Crippen LogP contribution < -0.4 is 5.32 Å². The molecule has 0 aliphatic heterocycles. The SMILES string of the molecule is O=C(Nc1ccc(F)cc1)c1ccc(-c2ccc(F)cc2)o1. The van der Waals surface area contributed by atoms with E-state index in [4.69, 9.17) is 4.42 Å². The van der Waals surface area contributed by atoms with Gasteiger partial charge < -0.3 is 9.73 Å². The van der Waals surface area contributed by atoms with Crippen molar-refractivity contribution in [1.29, 1.82) is 0 Å². The normalized spacial score (nSPS) is 10.5. The highest BCUT2D eigenvalue weighted by Crippen LogP contribution is 2.23. The molecule has 0 radical (unpaired) electrons. The summed E-state index contributed by atoms with van der Waals surface area (Å²) in [5.41, 5.74) is 1.13. The number of carbonyl (C=O) groups is 1. The topological polar surface area (TPSA) is 42.2 Å². The summed E-state index contributed by atoms with van der Waals surface area (Å²) in [5, 5.41) is 2.60. The summed E-state index contributed by atoms with van der Waals surface area (Å²) < 4.78 is 31.2. The van der Waals surface area contributed by atoms with Gasteiger partial charge in [-0.15, -0.1) is 0 Å². The monoisotopic (exact) mass is 299 g/mol. The second-order valence-corrected chi connectivity index (χ2v) is 4.63. The lowest BCUT2D eigenvalue weighted by Crippen LogP contribution is -2.10. The van der Waals surface area contributed by atoms with Crippen molar-refractivity contribution < 1.29 is 18.0 Å². The second kappa shape index (κ2) is 5.81. The van der Waals surface area contributed by atoms with Crippen LogP contribution in [0, 0.1) is 11.6 Å². The van der Waals surface area contributed by atoms with E-state index in [0.29, 0.717) is 17.0 Å². The summed E-state index contributed by atoms with van der Waals surface area (Å²) in [6.45, 7) is 0. The Labute approximate surface area is 125 Å². The number of anilines is 1. The average Bonchev–Trinajstić information content (AvgIpc) is 3.00. The van der Waals surface area contributed by atoms with Gasteiger partial charge in [0.25, 0.3) is 5.91 Å². The van der Waals surface area contributed by atoms with E-state index in [1.54, 1.807) is 18.2 Å². The number of halogens is 2. The summed E-state index contributed by atoms with van der Waals surface area (Å²) >= 11 is 0. The first-order valence-corrected chi connectivity index (χ1v) is 6.54. The van der Waals surface area contributed by atoms with E-state index in [0.717, 1.165) is 0 Å². The zero-order chi connectivity index (χ0) is 15.5. The fraction of sp³-hybridized carbons (Fsp3) is 0. The Balaban J connectivity index is 1.76.